The first-order valence-corrected chi connectivity index (χ1v) is 6.71. The number of rotatable bonds is 6. The van der Waals surface area contributed by atoms with Crippen molar-refractivity contribution >= 4 is 11.9 Å². The summed E-state index contributed by atoms with van der Waals surface area (Å²) in [6, 6.07) is 0. The molecule has 5 heteroatoms. The van der Waals surface area contributed by atoms with Gasteiger partial charge < -0.3 is 14.7 Å². The van der Waals surface area contributed by atoms with E-state index in [4.69, 9.17) is 9.84 Å². The average molecular weight is 257 g/mol. The normalized spacial score (nSPS) is 19.7. The number of nitrogens with zero attached hydrogens (tertiary/aromatic N) is 1. The van der Waals surface area contributed by atoms with Crippen molar-refractivity contribution in [3.63, 3.8) is 0 Å². The molecule has 1 saturated heterocycles. The highest BCUT2D eigenvalue weighted by Gasteiger charge is 2.23. The molecular weight excluding hydrogens is 234 g/mol. The van der Waals surface area contributed by atoms with Crippen LogP contribution in [-0.2, 0) is 14.3 Å². The number of hydrogen-bond acceptors (Lipinski definition) is 4. The molecule has 104 valence electrons. The predicted molar refractivity (Wildman–Crippen MR) is 66.9 cm³/mol. The van der Waals surface area contributed by atoms with Gasteiger partial charge in [0.2, 0.25) is 5.91 Å². The second-order valence-corrected chi connectivity index (χ2v) is 4.67. The van der Waals surface area contributed by atoms with Gasteiger partial charge in [0.1, 0.15) is 0 Å². The molecule has 1 aliphatic rings. The van der Waals surface area contributed by atoms with E-state index in [9.17, 15) is 9.59 Å². The molecule has 1 amide bonds. The minimum absolute atomic E-state index is 0.0192. The first-order chi connectivity index (χ1) is 8.67. The number of esters is 1. The van der Waals surface area contributed by atoms with E-state index in [1.807, 2.05) is 4.90 Å². The van der Waals surface area contributed by atoms with Gasteiger partial charge in [-0.1, -0.05) is 0 Å². The molecule has 0 bridgehead atoms. The SMILES string of the molecule is CCOC(=O)CCC(=O)N1CCCC(CCO)C1. The number of aliphatic hydroxyl groups excluding tert-OH is 1. The second-order valence-electron chi connectivity index (χ2n) is 4.67. The average Bonchev–Trinajstić information content (AvgIpc) is 2.37. The van der Waals surface area contributed by atoms with E-state index in [0.29, 0.717) is 19.1 Å². The molecule has 0 aromatic heterocycles. The van der Waals surface area contributed by atoms with Crippen LogP contribution in [0.3, 0.4) is 0 Å². The fourth-order valence-corrected chi connectivity index (χ4v) is 2.31. The van der Waals surface area contributed by atoms with E-state index in [2.05, 4.69) is 0 Å². The lowest BCUT2D eigenvalue weighted by Crippen LogP contribution is -2.40. The summed E-state index contributed by atoms with van der Waals surface area (Å²) in [6.45, 7) is 3.76. The molecule has 0 spiro atoms. The van der Waals surface area contributed by atoms with Crippen LogP contribution < -0.4 is 0 Å². The fourth-order valence-electron chi connectivity index (χ4n) is 2.31. The van der Waals surface area contributed by atoms with E-state index >= 15 is 0 Å². The number of likely N-dealkylation sites (tertiary alicyclic amines) is 1. The molecule has 0 radical (unpaired) electrons. The molecule has 0 saturated carbocycles. The molecule has 0 aromatic rings. The smallest absolute Gasteiger partial charge is 0.306 e. The van der Waals surface area contributed by atoms with Crippen molar-refractivity contribution in [2.45, 2.75) is 39.0 Å². The second kappa shape index (κ2) is 8.08. The molecule has 18 heavy (non-hydrogen) atoms. The zero-order chi connectivity index (χ0) is 13.4. The van der Waals surface area contributed by atoms with E-state index in [1.165, 1.54) is 0 Å². The van der Waals surface area contributed by atoms with Crippen LogP contribution in [0.5, 0.6) is 0 Å². The van der Waals surface area contributed by atoms with Crippen LogP contribution in [0.1, 0.15) is 39.0 Å². The maximum absolute atomic E-state index is 11.9. The minimum atomic E-state index is -0.310. The lowest BCUT2D eigenvalue weighted by atomic mass is 9.95. The number of carbonyl (C=O) groups excluding carboxylic acids is 2. The van der Waals surface area contributed by atoms with Crippen LogP contribution in [0.2, 0.25) is 0 Å². The summed E-state index contributed by atoms with van der Waals surface area (Å²) in [5, 5.41) is 8.91. The van der Waals surface area contributed by atoms with Crippen LogP contribution in [0.25, 0.3) is 0 Å². The summed E-state index contributed by atoms with van der Waals surface area (Å²) in [5.74, 6) is 0.107. The number of amides is 1. The van der Waals surface area contributed by atoms with Gasteiger partial charge in [-0.15, -0.1) is 0 Å². The van der Waals surface area contributed by atoms with Crippen LogP contribution in [-0.4, -0.2) is 48.2 Å². The molecule has 0 aliphatic carbocycles. The maximum Gasteiger partial charge on any atom is 0.306 e. The number of piperidine rings is 1. The Labute approximate surface area is 108 Å². The molecule has 0 aromatic carbocycles. The van der Waals surface area contributed by atoms with Crippen molar-refractivity contribution in [2.24, 2.45) is 5.92 Å². The Morgan fingerprint density at radius 2 is 2.17 bits per heavy atom. The zero-order valence-electron chi connectivity index (χ0n) is 11.1. The molecule has 1 N–H and O–H groups in total. The lowest BCUT2D eigenvalue weighted by molar-refractivity contribution is -0.146. The Balaban J connectivity index is 2.30. The van der Waals surface area contributed by atoms with Crippen LogP contribution >= 0.6 is 0 Å². The highest BCUT2D eigenvalue weighted by molar-refractivity contribution is 5.81. The van der Waals surface area contributed by atoms with Gasteiger partial charge in [0.05, 0.1) is 13.0 Å². The van der Waals surface area contributed by atoms with Crippen molar-refractivity contribution in [1.29, 1.82) is 0 Å². The van der Waals surface area contributed by atoms with E-state index in [1.54, 1.807) is 6.92 Å². The van der Waals surface area contributed by atoms with Gasteiger partial charge in [-0.05, 0) is 32.1 Å². The third kappa shape index (κ3) is 5.04. The Morgan fingerprint density at radius 3 is 2.83 bits per heavy atom. The minimum Gasteiger partial charge on any atom is -0.466 e. The van der Waals surface area contributed by atoms with Crippen LogP contribution in [0.15, 0.2) is 0 Å². The quantitative estimate of drug-likeness (QED) is 0.719. The molecular formula is C13H23NO4. The number of ether oxygens (including phenoxy) is 1. The van der Waals surface area contributed by atoms with Crippen molar-refractivity contribution < 1.29 is 19.4 Å². The summed E-state index contributed by atoms with van der Waals surface area (Å²) in [6.07, 6.45) is 3.19. The number of aliphatic hydroxyl groups is 1. The van der Waals surface area contributed by atoms with Gasteiger partial charge in [-0.3, -0.25) is 9.59 Å². The first-order valence-electron chi connectivity index (χ1n) is 6.71. The van der Waals surface area contributed by atoms with Gasteiger partial charge in [0.15, 0.2) is 0 Å². The standard InChI is InChI=1S/C13H23NO4/c1-2-18-13(17)6-5-12(16)14-8-3-4-11(10-14)7-9-15/h11,15H,2-10H2,1H3. The predicted octanol–water partition coefficient (Wildman–Crippen LogP) is 0.951. The highest BCUT2D eigenvalue weighted by Crippen LogP contribution is 2.20. The number of carbonyl (C=O) groups is 2. The molecule has 1 atom stereocenters. The molecule has 1 fully saturated rings. The summed E-state index contributed by atoms with van der Waals surface area (Å²) in [5.41, 5.74) is 0. The van der Waals surface area contributed by atoms with Crippen molar-refractivity contribution in [3.8, 4) is 0 Å². The third-order valence-corrected chi connectivity index (χ3v) is 3.26. The summed E-state index contributed by atoms with van der Waals surface area (Å²) in [7, 11) is 0. The summed E-state index contributed by atoms with van der Waals surface area (Å²) < 4.78 is 4.80. The highest BCUT2D eigenvalue weighted by atomic mass is 16.5. The van der Waals surface area contributed by atoms with Crippen molar-refractivity contribution in [2.75, 3.05) is 26.3 Å². The van der Waals surface area contributed by atoms with Crippen molar-refractivity contribution in [1.82, 2.24) is 4.90 Å². The van der Waals surface area contributed by atoms with Crippen molar-refractivity contribution in [3.05, 3.63) is 0 Å². The van der Waals surface area contributed by atoms with E-state index in [0.717, 1.165) is 25.8 Å². The van der Waals surface area contributed by atoms with Gasteiger partial charge in [-0.25, -0.2) is 0 Å². The zero-order valence-corrected chi connectivity index (χ0v) is 11.1. The number of hydrogen-bond donors (Lipinski definition) is 1. The monoisotopic (exact) mass is 257 g/mol. The Morgan fingerprint density at radius 1 is 1.39 bits per heavy atom. The molecule has 1 rings (SSSR count). The topological polar surface area (TPSA) is 66.8 Å². The molecule has 1 aliphatic heterocycles. The van der Waals surface area contributed by atoms with E-state index in [-0.39, 0.29) is 31.3 Å². The van der Waals surface area contributed by atoms with E-state index < -0.39 is 0 Å². The van der Waals surface area contributed by atoms with Gasteiger partial charge in [0.25, 0.3) is 0 Å². The van der Waals surface area contributed by atoms with Gasteiger partial charge in [0, 0.05) is 26.1 Å². The molecule has 1 unspecified atom stereocenters. The maximum atomic E-state index is 11.9. The largest absolute Gasteiger partial charge is 0.466 e. The summed E-state index contributed by atoms with van der Waals surface area (Å²) >= 11 is 0. The van der Waals surface area contributed by atoms with Crippen LogP contribution in [0.4, 0.5) is 0 Å². The molecule has 1 heterocycles. The summed E-state index contributed by atoms with van der Waals surface area (Å²) in [4.78, 5) is 24.9. The van der Waals surface area contributed by atoms with Gasteiger partial charge >= 0.3 is 5.97 Å². The Kier molecular flexibility index (Phi) is 6.72. The fraction of sp³-hybridized carbons (Fsp3) is 0.846. The Bertz CT molecular complexity index is 278. The third-order valence-electron chi connectivity index (χ3n) is 3.26. The van der Waals surface area contributed by atoms with Crippen LogP contribution in [0, 0.1) is 5.92 Å². The van der Waals surface area contributed by atoms with Gasteiger partial charge in [-0.2, -0.15) is 0 Å². The Hall–Kier alpha value is -1.10. The lowest BCUT2D eigenvalue weighted by Gasteiger charge is -2.32. The molecule has 5 nitrogen and oxygen atoms in total. The first kappa shape index (κ1) is 15.0.